The Morgan fingerprint density at radius 3 is 2.00 bits per heavy atom. The fraction of sp³-hybridized carbons (Fsp3) is 0.508. The molecule has 2 aromatic carbocycles. The number of pyridine rings is 2. The first-order valence-corrected chi connectivity index (χ1v) is 29.1. The molecule has 2 bridgehead atoms. The number of aromatic nitrogens is 6. The third kappa shape index (κ3) is 17.2. The number of rotatable bonds is 24. The molecule has 428 valence electrons. The minimum Gasteiger partial charge on any atom is -0.471 e. The lowest BCUT2D eigenvalue weighted by Crippen LogP contribution is -2.54. The zero-order chi connectivity index (χ0) is 57.6. The molecule has 80 heavy (non-hydrogen) atoms. The Kier molecular flexibility index (Phi) is 21.8. The van der Waals surface area contributed by atoms with E-state index in [2.05, 4.69) is 83.9 Å². The summed E-state index contributed by atoms with van der Waals surface area (Å²) < 4.78 is 15.6. The molecule has 2 atom stereocenters. The maximum Gasteiger partial charge on any atom is 0.214 e. The Morgan fingerprint density at radius 1 is 0.662 bits per heavy atom. The first-order chi connectivity index (χ1) is 38.2. The number of benzene rings is 2. The van der Waals surface area contributed by atoms with Gasteiger partial charge in [0.25, 0.3) is 0 Å². The maximum atomic E-state index is 12.2. The number of nitrogens with zero attached hydrogens (tertiary/aromatic N) is 8. The second-order valence-corrected chi connectivity index (χ2v) is 23.6. The lowest BCUT2D eigenvalue weighted by Gasteiger charge is -2.39. The number of aryl methyl sites for hydroxylation is 1. The first-order valence-electron chi connectivity index (χ1n) is 29.1. The summed E-state index contributed by atoms with van der Waals surface area (Å²) in [6.07, 6.45) is 15.5. The number of fused-ring (bicyclic) bond motifs is 2. The van der Waals surface area contributed by atoms with Gasteiger partial charge in [-0.3, -0.25) is 33.7 Å². The van der Waals surface area contributed by atoms with Crippen LogP contribution in [0.1, 0.15) is 134 Å². The van der Waals surface area contributed by atoms with Crippen LogP contribution in [0.25, 0.3) is 22.3 Å². The van der Waals surface area contributed by atoms with Crippen molar-refractivity contribution in [1.29, 1.82) is 0 Å². The molecule has 0 aliphatic carbocycles. The molecular formula is C65H88N9O6+. The Morgan fingerprint density at radius 2 is 1.35 bits per heavy atom. The number of Topliss-reactive ketones (excluding diaryl/α,β-unsaturated/α-hetero) is 4. The van der Waals surface area contributed by atoms with E-state index in [-0.39, 0.29) is 53.2 Å². The molecule has 0 spiro atoms. The summed E-state index contributed by atoms with van der Waals surface area (Å²) in [5.41, 5.74) is 8.14. The molecule has 4 aromatic heterocycles. The van der Waals surface area contributed by atoms with Gasteiger partial charge in [-0.2, -0.15) is 10.2 Å². The van der Waals surface area contributed by atoms with E-state index in [1.807, 2.05) is 141 Å². The van der Waals surface area contributed by atoms with E-state index >= 15 is 0 Å². The Hall–Kier alpha value is -6.68. The van der Waals surface area contributed by atoms with Crippen molar-refractivity contribution in [3.05, 3.63) is 132 Å². The summed E-state index contributed by atoms with van der Waals surface area (Å²) in [5, 5.41) is 7.63. The summed E-state index contributed by atoms with van der Waals surface area (Å²) in [7, 11) is 0. The van der Waals surface area contributed by atoms with Crippen LogP contribution in [0.4, 0.5) is 5.82 Å². The van der Waals surface area contributed by atoms with Gasteiger partial charge in [0.05, 0.1) is 56.8 Å². The molecule has 15 heteroatoms. The van der Waals surface area contributed by atoms with Crippen molar-refractivity contribution in [2.24, 2.45) is 23.7 Å². The summed E-state index contributed by atoms with van der Waals surface area (Å²) in [6.45, 7) is 30.6. The topological polar surface area (TPSA) is 160 Å². The van der Waals surface area contributed by atoms with Crippen LogP contribution in [0, 0.1) is 23.7 Å². The smallest absolute Gasteiger partial charge is 0.214 e. The molecule has 3 aliphatic heterocycles. The lowest BCUT2D eigenvalue weighted by atomic mass is 9.98. The van der Waals surface area contributed by atoms with Gasteiger partial charge in [0.15, 0.2) is 17.6 Å². The summed E-state index contributed by atoms with van der Waals surface area (Å²) in [6, 6.07) is 25.5. The number of H-pyrrole nitrogens is 1. The van der Waals surface area contributed by atoms with Gasteiger partial charge in [-0.15, -0.1) is 4.68 Å². The second kappa shape index (κ2) is 28.6. The van der Waals surface area contributed by atoms with Gasteiger partial charge in [-0.05, 0) is 100 Å². The molecule has 0 unspecified atom stereocenters. The lowest BCUT2D eigenvalue weighted by molar-refractivity contribution is -0.767. The highest BCUT2D eigenvalue weighted by molar-refractivity contribution is 5.98. The van der Waals surface area contributed by atoms with Crippen LogP contribution in [0.3, 0.4) is 0 Å². The van der Waals surface area contributed by atoms with Gasteiger partial charge < -0.3 is 14.4 Å². The molecular weight excluding hydrogens is 1000 g/mol. The predicted octanol–water partition coefficient (Wildman–Crippen LogP) is 10.6. The molecule has 3 saturated heterocycles. The van der Waals surface area contributed by atoms with Gasteiger partial charge in [0.1, 0.15) is 23.5 Å². The van der Waals surface area contributed by atoms with E-state index in [0.29, 0.717) is 54.9 Å². The largest absolute Gasteiger partial charge is 0.471 e. The molecule has 15 nitrogen and oxygen atoms in total. The van der Waals surface area contributed by atoms with Crippen LogP contribution in [0.15, 0.2) is 110 Å². The highest BCUT2D eigenvalue weighted by Crippen LogP contribution is 2.31. The Bertz CT molecular complexity index is 2970. The minimum absolute atomic E-state index is 0.0236. The average Bonchev–Trinajstić information content (AvgIpc) is 4.32. The zero-order valence-electron chi connectivity index (χ0n) is 49.6. The number of anilines is 1. The van der Waals surface area contributed by atoms with Gasteiger partial charge in [0, 0.05) is 96.6 Å². The van der Waals surface area contributed by atoms with Crippen molar-refractivity contribution in [3.63, 3.8) is 0 Å². The van der Waals surface area contributed by atoms with Crippen molar-refractivity contribution in [2.75, 3.05) is 50.8 Å². The number of nitrogens with one attached hydrogen (secondary N) is 1. The zero-order valence-corrected chi connectivity index (χ0v) is 49.6. The maximum absolute atomic E-state index is 12.2. The average molecular weight is 1090 g/mol. The summed E-state index contributed by atoms with van der Waals surface area (Å²) in [5.74, 6) is 2.70. The molecule has 1 N–H and O–H groups in total. The van der Waals surface area contributed by atoms with Gasteiger partial charge in [-0.25, -0.2) is 9.97 Å². The molecule has 0 amide bonds. The molecule has 0 saturated carbocycles. The highest BCUT2D eigenvalue weighted by Gasteiger charge is 2.43. The van der Waals surface area contributed by atoms with Crippen molar-refractivity contribution in [1.82, 2.24) is 34.6 Å². The fourth-order valence-electron chi connectivity index (χ4n) is 10.1. The molecule has 3 fully saturated rings. The number of hydrogen-bond donors (Lipinski definition) is 1. The Labute approximate surface area is 475 Å². The van der Waals surface area contributed by atoms with E-state index in [9.17, 15) is 19.2 Å². The number of carbonyl (C=O) groups is 4. The highest BCUT2D eigenvalue weighted by atomic mass is 16.5. The van der Waals surface area contributed by atoms with Crippen LogP contribution < -0.4 is 14.3 Å². The second-order valence-electron chi connectivity index (χ2n) is 23.6. The van der Waals surface area contributed by atoms with E-state index < -0.39 is 0 Å². The monoisotopic (exact) mass is 1090 g/mol. The molecule has 0 radical (unpaired) electrons. The molecule has 9 rings (SSSR count). The van der Waals surface area contributed by atoms with Crippen LogP contribution in [-0.2, 0) is 33.7 Å². The van der Waals surface area contributed by atoms with Crippen molar-refractivity contribution in [3.8, 4) is 28.1 Å². The van der Waals surface area contributed by atoms with E-state index in [0.717, 1.165) is 91.3 Å². The normalized spacial score (nSPS) is 16.4. The van der Waals surface area contributed by atoms with Crippen molar-refractivity contribution < 1.29 is 33.3 Å². The van der Waals surface area contributed by atoms with Gasteiger partial charge in [-0.1, -0.05) is 97.9 Å². The quantitative estimate of drug-likeness (QED) is 0.0452. The fourth-order valence-corrected chi connectivity index (χ4v) is 10.1. The molecule has 3 aliphatic rings. The first kappa shape index (κ1) is 61.0. The minimum atomic E-state index is -0.0236. The molecule has 7 heterocycles. The van der Waals surface area contributed by atoms with Crippen LogP contribution in [0.5, 0.6) is 5.88 Å². The number of aromatic amines is 1. The van der Waals surface area contributed by atoms with Crippen molar-refractivity contribution >= 4 is 29.0 Å². The number of likely N-dealkylation sites (tertiary alicyclic amines) is 2. The van der Waals surface area contributed by atoms with Gasteiger partial charge in [0.2, 0.25) is 12.1 Å². The summed E-state index contributed by atoms with van der Waals surface area (Å²) in [4.78, 5) is 64.1. The number of carbonyl (C=O) groups excluding carboxylic acids is 4. The SMILES string of the molecule is CC(C)C(=O)CN1C[C@@H]2C[C@H]1CN2CCCc1cccc(C(=O)C(C)C)c1.CC(C)C(=O)c1ccc(N2CC(Oc3cc(-c4c[nH][n+](C(C)C)c4)ccn3)C2)nc1.CC(C)OCCn1cc(-c2cccc(CC(=O)C(C)C)c2)cn1. The van der Waals surface area contributed by atoms with Crippen LogP contribution in [0.2, 0.25) is 0 Å². The number of ketones is 4. The Balaban J connectivity index is 0.000000175. The third-order valence-electron chi connectivity index (χ3n) is 15.1. The number of ether oxygens (including phenoxy) is 2. The van der Waals surface area contributed by atoms with Gasteiger partial charge >= 0.3 is 0 Å². The van der Waals surface area contributed by atoms with E-state index in [1.54, 1.807) is 12.4 Å². The van der Waals surface area contributed by atoms with E-state index in [1.165, 1.54) is 12.0 Å². The van der Waals surface area contributed by atoms with E-state index in [4.69, 9.17) is 9.47 Å². The third-order valence-corrected chi connectivity index (χ3v) is 15.1. The number of piperazine rings is 1. The predicted molar refractivity (Wildman–Crippen MR) is 316 cm³/mol. The summed E-state index contributed by atoms with van der Waals surface area (Å²) >= 11 is 0. The van der Waals surface area contributed by atoms with Crippen LogP contribution in [-0.4, -0.2) is 128 Å². The molecule has 6 aromatic rings. The van der Waals surface area contributed by atoms with Crippen LogP contribution >= 0.6 is 0 Å². The number of hydrogen-bond acceptors (Lipinski definition) is 12. The van der Waals surface area contributed by atoms with Crippen molar-refractivity contribution in [2.45, 2.75) is 146 Å². The standard InChI is InChI=1S/C23H27N5O2.C23H34N2O2.C19H26N2O2/c1-15(2)23(29)18-5-6-21(25-10-18)27-13-20(14-27)30-22-9-17(7-8-24-22)19-11-26-28(12-19)16(3)4;1-16(2)22(26)15-25-14-20-12-21(25)13-24(20)10-6-8-18-7-5-9-19(11-18)23(27)17(3)4;1-14(2)19(22)11-16-6-5-7-17(10-16)18-12-20-21(13-18)8-9-23-15(3)4/h5-12,15-16,20H,13-14H2,1-4H3;5,7,9,11,16-17,20-21H,6,8,10,12-15H2,1-4H3;5-7,10,12-15H,8-9,11H2,1-4H3/p+1/t;20-,21-;/m.0./s1.